The van der Waals surface area contributed by atoms with Crippen molar-refractivity contribution in [1.29, 1.82) is 0 Å². The van der Waals surface area contributed by atoms with Crippen LogP contribution < -0.4 is 0 Å². The molecule has 0 atom stereocenters. The van der Waals surface area contributed by atoms with Crippen LogP contribution in [0.15, 0.2) is 33.2 Å². The first-order valence-electron chi connectivity index (χ1n) is 5.06. The van der Waals surface area contributed by atoms with Crippen molar-refractivity contribution in [1.82, 2.24) is 0 Å². The zero-order valence-corrected chi connectivity index (χ0v) is 13.4. The molecular weight excluding hydrogens is 364 g/mol. The van der Waals surface area contributed by atoms with Crippen molar-refractivity contribution in [2.24, 2.45) is 0 Å². The van der Waals surface area contributed by atoms with Crippen molar-refractivity contribution in [3.8, 4) is 0 Å². The molecule has 0 N–H and O–H groups in total. The topological polar surface area (TPSA) is 17.1 Å². The Morgan fingerprint density at radius 2 is 1.82 bits per heavy atom. The van der Waals surface area contributed by atoms with Gasteiger partial charge < -0.3 is 0 Å². The molecule has 2 aromatic rings. The third kappa shape index (κ3) is 2.69. The van der Waals surface area contributed by atoms with E-state index in [0.29, 0.717) is 5.56 Å². The molecule has 1 heterocycles. The van der Waals surface area contributed by atoms with Gasteiger partial charge in [0.05, 0.1) is 4.88 Å². The van der Waals surface area contributed by atoms with E-state index >= 15 is 0 Å². The summed E-state index contributed by atoms with van der Waals surface area (Å²) >= 11 is 8.39. The van der Waals surface area contributed by atoms with E-state index in [1.165, 1.54) is 11.3 Å². The summed E-state index contributed by atoms with van der Waals surface area (Å²) in [5.74, 6) is 0.0654. The average Bonchev–Trinajstić information content (AvgIpc) is 2.58. The van der Waals surface area contributed by atoms with Gasteiger partial charge >= 0.3 is 0 Å². The Morgan fingerprint density at radius 1 is 1.12 bits per heavy atom. The van der Waals surface area contributed by atoms with E-state index in [4.69, 9.17) is 0 Å². The summed E-state index contributed by atoms with van der Waals surface area (Å²) < 4.78 is 1.85. The first kappa shape index (κ1) is 13.0. The number of benzene rings is 1. The van der Waals surface area contributed by atoms with Crippen LogP contribution in [-0.2, 0) is 0 Å². The molecule has 0 saturated heterocycles. The molecule has 0 aliphatic heterocycles. The first-order chi connectivity index (χ1) is 7.99. The van der Waals surface area contributed by atoms with Gasteiger partial charge in [0.2, 0.25) is 5.78 Å². The van der Waals surface area contributed by atoms with E-state index in [-0.39, 0.29) is 5.78 Å². The van der Waals surface area contributed by atoms with Crippen molar-refractivity contribution in [3.05, 3.63) is 54.1 Å². The number of carbonyl (C=O) groups is 1. The van der Waals surface area contributed by atoms with Gasteiger partial charge in [-0.25, -0.2) is 0 Å². The number of ketones is 1. The standard InChI is InChI=1S/C13H10Br2OS/c1-7-3-4-9(11(15)5-7)13(16)12-6-10(14)8(2)17-12/h3-6H,1-2H3. The summed E-state index contributed by atoms with van der Waals surface area (Å²) in [5.41, 5.74) is 1.85. The van der Waals surface area contributed by atoms with Gasteiger partial charge in [-0.3, -0.25) is 4.79 Å². The van der Waals surface area contributed by atoms with Gasteiger partial charge in [0, 0.05) is 19.4 Å². The Bertz CT molecular complexity index is 568. The van der Waals surface area contributed by atoms with E-state index in [1.807, 2.05) is 38.1 Å². The number of halogens is 2. The lowest BCUT2D eigenvalue weighted by atomic mass is 10.1. The normalized spacial score (nSPS) is 10.6. The number of rotatable bonds is 2. The Morgan fingerprint density at radius 3 is 2.35 bits per heavy atom. The number of hydrogen-bond acceptors (Lipinski definition) is 2. The number of hydrogen-bond donors (Lipinski definition) is 0. The SMILES string of the molecule is Cc1ccc(C(=O)c2cc(Br)c(C)s2)c(Br)c1. The van der Waals surface area contributed by atoms with Crippen molar-refractivity contribution >= 4 is 49.0 Å². The summed E-state index contributed by atoms with van der Waals surface area (Å²) in [5, 5.41) is 0. The van der Waals surface area contributed by atoms with Crippen LogP contribution in [0.5, 0.6) is 0 Å². The van der Waals surface area contributed by atoms with Gasteiger partial charge in [0.1, 0.15) is 0 Å². The number of thiophene rings is 1. The molecule has 0 fully saturated rings. The maximum Gasteiger partial charge on any atom is 0.204 e. The average molecular weight is 374 g/mol. The molecule has 0 unspecified atom stereocenters. The highest BCUT2D eigenvalue weighted by atomic mass is 79.9. The predicted molar refractivity (Wildman–Crippen MR) is 79.1 cm³/mol. The molecule has 4 heteroatoms. The lowest BCUT2D eigenvalue weighted by Gasteiger charge is -2.02. The van der Waals surface area contributed by atoms with E-state index in [1.54, 1.807) is 0 Å². The summed E-state index contributed by atoms with van der Waals surface area (Å²) in [6, 6.07) is 7.66. The number of aryl methyl sites for hydroxylation is 2. The largest absolute Gasteiger partial charge is 0.288 e. The van der Waals surface area contributed by atoms with Crippen LogP contribution in [0.25, 0.3) is 0 Å². The molecule has 1 aromatic heterocycles. The van der Waals surface area contributed by atoms with Crippen molar-refractivity contribution in [2.45, 2.75) is 13.8 Å². The maximum absolute atomic E-state index is 12.3. The Balaban J connectivity index is 2.43. The molecule has 0 saturated carbocycles. The summed E-state index contributed by atoms with van der Waals surface area (Å²) in [7, 11) is 0. The van der Waals surface area contributed by atoms with Crippen molar-refractivity contribution in [2.75, 3.05) is 0 Å². The van der Waals surface area contributed by atoms with Gasteiger partial charge in [0.25, 0.3) is 0 Å². The smallest absolute Gasteiger partial charge is 0.204 e. The maximum atomic E-state index is 12.3. The van der Waals surface area contributed by atoms with E-state index in [2.05, 4.69) is 31.9 Å². The van der Waals surface area contributed by atoms with Crippen LogP contribution in [-0.4, -0.2) is 5.78 Å². The zero-order valence-electron chi connectivity index (χ0n) is 9.38. The quantitative estimate of drug-likeness (QED) is 0.667. The molecule has 1 nitrogen and oxygen atoms in total. The highest BCUT2D eigenvalue weighted by Crippen LogP contribution is 2.30. The Labute approximate surface area is 121 Å². The van der Waals surface area contributed by atoms with Crippen LogP contribution in [0.2, 0.25) is 0 Å². The first-order valence-corrected chi connectivity index (χ1v) is 7.46. The minimum absolute atomic E-state index is 0.0654. The van der Waals surface area contributed by atoms with Crippen LogP contribution in [0.3, 0.4) is 0 Å². The summed E-state index contributed by atoms with van der Waals surface area (Å²) in [4.78, 5) is 14.2. The van der Waals surface area contributed by atoms with Gasteiger partial charge in [0.15, 0.2) is 0 Å². The van der Waals surface area contributed by atoms with E-state index < -0.39 is 0 Å². The minimum atomic E-state index is 0.0654. The van der Waals surface area contributed by atoms with Crippen LogP contribution >= 0.6 is 43.2 Å². The number of carbonyl (C=O) groups excluding carboxylic acids is 1. The summed E-state index contributed by atoms with van der Waals surface area (Å²) in [6.45, 7) is 4.00. The second-order valence-electron chi connectivity index (χ2n) is 3.83. The van der Waals surface area contributed by atoms with Crippen molar-refractivity contribution in [3.63, 3.8) is 0 Å². The Hall–Kier alpha value is -0.450. The summed E-state index contributed by atoms with van der Waals surface area (Å²) in [6.07, 6.45) is 0. The van der Waals surface area contributed by atoms with Gasteiger partial charge in [-0.05, 0) is 53.5 Å². The molecule has 17 heavy (non-hydrogen) atoms. The fraction of sp³-hybridized carbons (Fsp3) is 0.154. The molecule has 0 radical (unpaired) electrons. The molecule has 0 aliphatic carbocycles. The molecule has 0 spiro atoms. The molecule has 2 rings (SSSR count). The molecular formula is C13H10Br2OS. The van der Waals surface area contributed by atoms with Gasteiger partial charge in [-0.2, -0.15) is 0 Å². The van der Waals surface area contributed by atoms with Gasteiger partial charge in [-0.1, -0.05) is 22.0 Å². The second kappa shape index (κ2) is 5.04. The molecule has 0 bridgehead atoms. The second-order valence-corrected chi connectivity index (χ2v) is 6.79. The molecule has 0 aliphatic rings. The zero-order chi connectivity index (χ0) is 12.6. The van der Waals surface area contributed by atoms with Crippen LogP contribution in [0, 0.1) is 13.8 Å². The van der Waals surface area contributed by atoms with E-state index in [0.717, 1.165) is 24.3 Å². The predicted octanol–water partition coefficient (Wildman–Crippen LogP) is 5.12. The highest BCUT2D eigenvalue weighted by Gasteiger charge is 2.15. The Kier molecular flexibility index (Phi) is 3.85. The fourth-order valence-corrected chi connectivity index (χ4v) is 3.67. The highest BCUT2D eigenvalue weighted by molar-refractivity contribution is 9.10. The van der Waals surface area contributed by atoms with Crippen LogP contribution in [0.4, 0.5) is 0 Å². The van der Waals surface area contributed by atoms with Crippen molar-refractivity contribution < 1.29 is 4.79 Å². The lowest BCUT2D eigenvalue weighted by Crippen LogP contribution is -1.99. The molecule has 0 amide bonds. The van der Waals surface area contributed by atoms with Crippen LogP contribution in [0.1, 0.15) is 25.7 Å². The van der Waals surface area contributed by atoms with E-state index in [9.17, 15) is 4.79 Å². The third-order valence-corrected chi connectivity index (χ3v) is 5.24. The van der Waals surface area contributed by atoms with Gasteiger partial charge in [-0.15, -0.1) is 11.3 Å². The third-order valence-electron chi connectivity index (χ3n) is 2.45. The minimum Gasteiger partial charge on any atom is -0.288 e. The molecule has 1 aromatic carbocycles. The fourth-order valence-electron chi connectivity index (χ4n) is 1.51. The monoisotopic (exact) mass is 372 g/mol. The molecule has 88 valence electrons. The lowest BCUT2D eigenvalue weighted by molar-refractivity contribution is 0.104.